The predicted molar refractivity (Wildman–Crippen MR) is 62.9 cm³/mol. The van der Waals surface area contributed by atoms with Crippen LogP contribution in [0.5, 0.6) is 0 Å². The molecule has 0 bridgehead atoms. The minimum atomic E-state index is -0.868. The van der Waals surface area contributed by atoms with Gasteiger partial charge in [-0.3, -0.25) is 0 Å². The van der Waals surface area contributed by atoms with E-state index in [4.69, 9.17) is 14.2 Å². The van der Waals surface area contributed by atoms with Crippen molar-refractivity contribution in [2.75, 3.05) is 0 Å². The molecular weight excluding hydrogens is 224 g/mol. The summed E-state index contributed by atoms with van der Waals surface area (Å²) in [4.78, 5) is 11.0. The Kier molecular flexibility index (Phi) is 8.66. The first-order chi connectivity index (χ1) is 8.07. The molecule has 0 saturated carbocycles. The normalized spacial score (nSPS) is 16.0. The van der Waals surface area contributed by atoms with Crippen LogP contribution >= 0.6 is 0 Å². The van der Waals surface area contributed by atoms with E-state index in [1.165, 1.54) is 0 Å². The summed E-state index contributed by atoms with van der Waals surface area (Å²) in [5.74, 6) is -0.539. The molecule has 0 aliphatic carbocycles. The molecule has 0 fully saturated rings. The van der Waals surface area contributed by atoms with E-state index in [0.29, 0.717) is 19.3 Å². The Morgan fingerprint density at radius 2 is 1.76 bits per heavy atom. The van der Waals surface area contributed by atoms with Crippen LogP contribution in [0.3, 0.4) is 0 Å². The zero-order valence-corrected chi connectivity index (χ0v) is 10.7. The van der Waals surface area contributed by atoms with Crippen LogP contribution in [0, 0.1) is 0 Å². The molecule has 0 rings (SSSR count). The highest BCUT2D eigenvalue weighted by Crippen LogP contribution is 2.11. The third kappa shape index (κ3) is 7.10. The fourth-order valence-electron chi connectivity index (χ4n) is 1.05. The molecule has 5 heteroatoms. The summed E-state index contributed by atoms with van der Waals surface area (Å²) < 4.78 is 15.6. The Balaban J connectivity index is 4.20. The summed E-state index contributed by atoms with van der Waals surface area (Å²) in [5, 5.41) is 9.35. The van der Waals surface area contributed by atoms with E-state index in [0.717, 1.165) is 6.08 Å². The molecule has 100 valence electrons. The molecule has 3 unspecified atom stereocenters. The number of ether oxygens (including phenoxy) is 3. The lowest BCUT2D eigenvalue weighted by atomic mass is 10.4. The van der Waals surface area contributed by atoms with Crippen LogP contribution in [0.15, 0.2) is 12.7 Å². The number of carbonyl (C=O) groups is 1. The zero-order chi connectivity index (χ0) is 13.3. The van der Waals surface area contributed by atoms with Gasteiger partial charge in [0.25, 0.3) is 0 Å². The van der Waals surface area contributed by atoms with Gasteiger partial charge in [-0.2, -0.15) is 0 Å². The SMILES string of the molecule is C=CC(=O)OC(CC)OC(CC)OC(O)CC. The molecule has 0 radical (unpaired) electrons. The van der Waals surface area contributed by atoms with Gasteiger partial charge < -0.3 is 19.3 Å². The van der Waals surface area contributed by atoms with Gasteiger partial charge in [0.05, 0.1) is 0 Å². The van der Waals surface area contributed by atoms with E-state index in [-0.39, 0.29) is 0 Å². The van der Waals surface area contributed by atoms with Crippen molar-refractivity contribution in [3.8, 4) is 0 Å². The van der Waals surface area contributed by atoms with Gasteiger partial charge in [0.1, 0.15) is 0 Å². The third-order valence-corrected chi connectivity index (χ3v) is 2.04. The highest BCUT2D eigenvalue weighted by molar-refractivity contribution is 5.81. The fraction of sp³-hybridized carbons (Fsp3) is 0.750. The number of esters is 1. The Morgan fingerprint density at radius 1 is 1.18 bits per heavy atom. The van der Waals surface area contributed by atoms with Crippen molar-refractivity contribution in [3.05, 3.63) is 12.7 Å². The molecule has 17 heavy (non-hydrogen) atoms. The van der Waals surface area contributed by atoms with E-state index in [1.54, 1.807) is 6.92 Å². The van der Waals surface area contributed by atoms with Gasteiger partial charge in [0.15, 0.2) is 12.6 Å². The first kappa shape index (κ1) is 16.1. The first-order valence-corrected chi connectivity index (χ1v) is 5.89. The van der Waals surface area contributed by atoms with Gasteiger partial charge in [0, 0.05) is 12.5 Å². The second kappa shape index (κ2) is 9.15. The van der Waals surface area contributed by atoms with Gasteiger partial charge in [-0.1, -0.05) is 27.4 Å². The van der Waals surface area contributed by atoms with Gasteiger partial charge in [-0.15, -0.1) is 0 Å². The number of hydrogen-bond acceptors (Lipinski definition) is 5. The summed E-state index contributed by atoms with van der Waals surface area (Å²) in [7, 11) is 0. The maximum Gasteiger partial charge on any atom is 0.332 e. The predicted octanol–water partition coefficient (Wildman–Crippen LogP) is 1.95. The van der Waals surface area contributed by atoms with Crippen LogP contribution in [0.4, 0.5) is 0 Å². The smallest absolute Gasteiger partial charge is 0.332 e. The summed E-state index contributed by atoms with van der Waals surface area (Å²) in [5.41, 5.74) is 0. The van der Waals surface area contributed by atoms with Gasteiger partial charge >= 0.3 is 5.97 Å². The molecular formula is C12H22O5. The second-order valence-electron chi connectivity index (χ2n) is 3.45. The summed E-state index contributed by atoms with van der Waals surface area (Å²) in [6.07, 6.45) is 0.466. The quantitative estimate of drug-likeness (QED) is 0.382. The molecule has 3 atom stereocenters. The third-order valence-electron chi connectivity index (χ3n) is 2.04. The summed E-state index contributed by atoms with van der Waals surface area (Å²) >= 11 is 0. The van der Waals surface area contributed by atoms with Crippen molar-refractivity contribution in [1.82, 2.24) is 0 Å². The van der Waals surface area contributed by atoms with Gasteiger partial charge in [-0.25, -0.2) is 4.79 Å². The lowest BCUT2D eigenvalue weighted by Crippen LogP contribution is -2.30. The second-order valence-corrected chi connectivity index (χ2v) is 3.45. The lowest BCUT2D eigenvalue weighted by molar-refractivity contribution is -0.280. The van der Waals surface area contributed by atoms with Crippen LogP contribution in [0.2, 0.25) is 0 Å². The van der Waals surface area contributed by atoms with Crippen molar-refractivity contribution in [3.63, 3.8) is 0 Å². The van der Waals surface area contributed by atoms with E-state index < -0.39 is 24.8 Å². The van der Waals surface area contributed by atoms with Crippen molar-refractivity contribution in [2.45, 2.75) is 58.9 Å². The van der Waals surface area contributed by atoms with E-state index in [1.807, 2.05) is 13.8 Å². The van der Waals surface area contributed by atoms with Crippen LogP contribution in [-0.2, 0) is 19.0 Å². The molecule has 5 nitrogen and oxygen atoms in total. The highest BCUT2D eigenvalue weighted by atomic mass is 16.8. The number of aliphatic hydroxyl groups is 1. The average molecular weight is 246 g/mol. The molecule has 0 saturated heterocycles. The molecule has 0 spiro atoms. The summed E-state index contributed by atoms with van der Waals surface area (Å²) in [6.45, 7) is 8.79. The fourth-order valence-corrected chi connectivity index (χ4v) is 1.05. The Bertz CT molecular complexity index is 229. The van der Waals surface area contributed by atoms with Gasteiger partial charge in [-0.05, 0) is 12.8 Å². The number of rotatable bonds is 9. The average Bonchev–Trinajstić information content (AvgIpc) is 2.36. The minimum Gasteiger partial charge on any atom is -0.433 e. The highest BCUT2D eigenvalue weighted by Gasteiger charge is 2.19. The number of aliphatic hydroxyl groups excluding tert-OH is 1. The van der Waals surface area contributed by atoms with Crippen LogP contribution < -0.4 is 0 Å². The van der Waals surface area contributed by atoms with E-state index in [9.17, 15) is 9.90 Å². The van der Waals surface area contributed by atoms with Gasteiger partial charge in [0.2, 0.25) is 6.29 Å². The van der Waals surface area contributed by atoms with Crippen molar-refractivity contribution < 1.29 is 24.1 Å². The number of hydrogen-bond donors (Lipinski definition) is 1. The minimum absolute atomic E-state index is 0.475. The van der Waals surface area contributed by atoms with Crippen LogP contribution in [0.1, 0.15) is 40.0 Å². The summed E-state index contributed by atoms with van der Waals surface area (Å²) in [6, 6.07) is 0. The largest absolute Gasteiger partial charge is 0.433 e. The maximum absolute atomic E-state index is 11.0. The first-order valence-electron chi connectivity index (χ1n) is 5.89. The van der Waals surface area contributed by atoms with Crippen molar-refractivity contribution >= 4 is 5.97 Å². The zero-order valence-electron chi connectivity index (χ0n) is 10.7. The molecule has 0 aliphatic heterocycles. The van der Waals surface area contributed by atoms with E-state index >= 15 is 0 Å². The van der Waals surface area contributed by atoms with Crippen LogP contribution in [0.25, 0.3) is 0 Å². The lowest BCUT2D eigenvalue weighted by Gasteiger charge is -2.24. The molecule has 0 aromatic heterocycles. The Hall–Kier alpha value is -0.910. The Labute approximate surface area is 102 Å². The van der Waals surface area contributed by atoms with Crippen molar-refractivity contribution in [1.29, 1.82) is 0 Å². The van der Waals surface area contributed by atoms with Crippen molar-refractivity contribution in [2.24, 2.45) is 0 Å². The molecule has 0 aromatic carbocycles. The van der Waals surface area contributed by atoms with Crippen LogP contribution in [-0.4, -0.2) is 29.9 Å². The molecule has 0 heterocycles. The molecule has 0 amide bonds. The number of carbonyl (C=O) groups excluding carboxylic acids is 1. The molecule has 0 aliphatic rings. The standard InChI is InChI=1S/C12H22O5/c1-5-9(13)15-11(7-3)17-12(8-4)16-10(14)6-2/h5,10-12,14H,1,6-8H2,2-4H3. The van der Waals surface area contributed by atoms with E-state index in [2.05, 4.69) is 6.58 Å². The topological polar surface area (TPSA) is 65.0 Å². The molecule has 1 N–H and O–H groups in total. The monoisotopic (exact) mass is 246 g/mol. The Morgan fingerprint density at radius 3 is 2.18 bits per heavy atom. The maximum atomic E-state index is 11.0. The molecule has 0 aromatic rings.